The molecule has 0 atom stereocenters. The van der Waals surface area contributed by atoms with Gasteiger partial charge in [0.15, 0.2) is 0 Å². The Hall–Kier alpha value is -1.57. The molecular weight excluding hydrogens is 294 g/mol. The van der Waals surface area contributed by atoms with Crippen LogP contribution in [0.3, 0.4) is 0 Å². The highest BCUT2D eigenvalue weighted by atomic mass is 32.2. The molecule has 0 aliphatic heterocycles. The van der Waals surface area contributed by atoms with Crippen LogP contribution in [0, 0.1) is 13.8 Å². The molecule has 0 fully saturated rings. The summed E-state index contributed by atoms with van der Waals surface area (Å²) in [6.45, 7) is 4.37. The Kier molecular flexibility index (Phi) is 4.03. The first-order chi connectivity index (χ1) is 9.29. The summed E-state index contributed by atoms with van der Waals surface area (Å²) in [4.78, 5) is 1.26. The highest BCUT2D eigenvalue weighted by Crippen LogP contribution is 2.27. The maximum Gasteiger partial charge on any atom is 0.238 e. The lowest BCUT2D eigenvalue weighted by Gasteiger charge is -2.13. The minimum absolute atomic E-state index is 0.0582. The number of thiophene rings is 1. The first-order valence-electron chi connectivity index (χ1n) is 5.99. The Morgan fingerprint density at radius 3 is 2.55 bits per heavy atom. The van der Waals surface area contributed by atoms with Crippen LogP contribution >= 0.6 is 11.3 Å². The summed E-state index contributed by atoms with van der Waals surface area (Å²) in [7, 11) is -3.78. The number of aryl methyl sites for hydroxylation is 1. The summed E-state index contributed by atoms with van der Waals surface area (Å²) in [6, 6.07) is 5.14. The van der Waals surface area contributed by atoms with Crippen molar-refractivity contribution < 1.29 is 8.42 Å². The quantitative estimate of drug-likeness (QED) is 0.754. The fourth-order valence-electron chi connectivity index (χ4n) is 1.95. The molecule has 0 radical (unpaired) electrons. The third kappa shape index (κ3) is 3.12. The molecule has 0 saturated heterocycles. The van der Waals surface area contributed by atoms with E-state index >= 15 is 0 Å². The molecule has 0 unspecified atom stereocenters. The summed E-state index contributed by atoms with van der Waals surface area (Å²) < 4.78 is 23.1. The Morgan fingerprint density at radius 2 is 2.00 bits per heavy atom. The standard InChI is InChI=1S/C13H17N3O2S2/c1-8-3-4-19-12(8)7-16-11-5-10(14)6-13(9(11)2)20(15,17)18/h3-6,16H,7,14H2,1-2H3,(H2,15,17,18). The zero-order valence-corrected chi connectivity index (χ0v) is 12.9. The number of rotatable bonds is 4. The van der Waals surface area contributed by atoms with E-state index in [-0.39, 0.29) is 4.90 Å². The highest BCUT2D eigenvalue weighted by Gasteiger charge is 2.15. The zero-order chi connectivity index (χ0) is 14.9. The molecule has 0 amide bonds. The third-order valence-electron chi connectivity index (χ3n) is 3.10. The van der Waals surface area contributed by atoms with Crippen LogP contribution < -0.4 is 16.2 Å². The van der Waals surface area contributed by atoms with Crippen molar-refractivity contribution in [3.63, 3.8) is 0 Å². The molecule has 0 spiro atoms. The van der Waals surface area contributed by atoms with Crippen molar-refractivity contribution >= 4 is 32.7 Å². The fraction of sp³-hybridized carbons (Fsp3) is 0.231. The highest BCUT2D eigenvalue weighted by molar-refractivity contribution is 7.89. The number of nitrogen functional groups attached to an aromatic ring is 1. The first-order valence-corrected chi connectivity index (χ1v) is 8.41. The summed E-state index contributed by atoms with van der Waals surface area (Å²) >= 11 is 1.65. The lowest BCUT2D eigenvalue weighted by Crippen LogP contribution is -2.15. The molecule has 1 aromatic heterocycles. The van der Waals surface area contributed by atoms with Crippen molar-refractivity contribution in [3.05, 3.63) is 39.6 Å². The molecule has 1 aromatic carbocycles. The van der Waals surface area contributed by atoms with Gasteiger partial charge in [0, 0.05) is 22.8 Å². The first kappa shape index (κ1) is 14.8. The summed E-state index contributed by atoms with van der Waals surface area (Å²) in [5.41, 5.74) is 8.58. The smallest absolute Gasteiger partial charge is 0.238 e. The predicted molar refractivity (Wildman–Crippen MR) is 83.3 cm³/mol. The number of sulfonamides is 1. The molecule has 0 aliphatic carbocycles. The van der Waals surface area contributed by atoms with Gasteiger partial charge in [-0.15, -0.1) is 11.3 Å². The number of hydrogen-bond acceptors (Lipinski definition) is 5. The van der Waals surface area contributed by atoms with E-state index in [9.17, 15) is 8.42 Å². The van der Waals surface area contributed by atoms with Crippen LogP contribution in [0.4, 0.5) is 11.4 Å². The average molecular weight is 311 g/mol. The van der Waals surface area contributed by atoms with Crippen LogP contribution in [-0.2, 0) is 16.6 Å². The van der Waals surface area contributed by atoms with E-state index in [1.54, 1.807) is 24.3 Å². The van der Waals surface area contributed by atoms with Gasteiger partial charge in [0.05, 0.1) is 4.90 Å². The lowest BCUT2D eigenvalue weighted by molar-refractivity contribution is 0.597. The van der Waals surface area contributed by atoms with E-state index in [0.717, 1.165) is 0 Å². The molecule has 2 aromatic rings. The van der Waals surface area contributed by atoms with Crippen molar-refractivity contribution in [2.45, 2.75) is 25.3 Å². The number of hydrogen-bond donors (Lipinski definition) is 3. The Morgan fingerprint density at radius 1 is 1.30 bits per heavy atom. The molecule has 0 saturated carbocycles. The molecule has 7 heteroatoms. The van der Waals surface area contributed by atoms with Crippen LogP contribution in [0.2, 0.25) is 0 Å². The topological polar surface area (TPSA) is 98.2 Å². The van der Waals surface area contributed by atoms with Crippen molar-refractivity contribution in [1.29, 1.82) is 0 Å². The number of primary sulfonamides is 1. The van der Waals surface area contributed by atoms with Gasteiger partial charge < -0.3 is 11.1 Å². The van der Waals surface area contributed by atoms with Crippen molar-refractivity contribution in [1.82, 2.24) is 0 Å². The van der Waals surface area contributed by atoms with Gasteiger partial charge in [0.2, 0.25) is 10.0 Å². The van der Waals surface area contributed by atoms with Gasteiger partial charge in [-0.1, -0.05) is 0 Å². The monoisotopic (exact) mass is 311 g/mol. The SMILES string of the molecule is Cc1ccsc1CNc1cc(N)cc(S(N)(=O)=O)c1C. The number of benzene rings is 1. The average Bonchev–Trinajstić information content (AvgIpc) is 2.74. The van der Waals surface area contributed by atoms with Gasteiger partial charge in [-0.25, -0.2) is 13.6 Å². The van der Waals surface area contributed by atoms with Gasteiger partial charge in [-0.3, -0.25) is 0 Å². The Labute approximate surface area is 122 Å². The maximum atomic E-state index is 11.5. The predicted octanol–water partition coefficient (Wildman–Crippen LogP) is 2.21. The number of nitrogens with one attached hydrogen (secondary N) is 1. The number of nitrogens with two attached hydrogens (primary N) is 2. The molecular formula is C13H17N3O2S2. The van der Waals surface area contributed by atoms with E-state index in [1.165, 1.54) is 16.5 Å². The second-order valence-corrected chi connectivity index (χ2v) is 7.15. The zero-order valence-electron chi connectivity index (χ0n) is 11.3. The summed E-state index contributed by atoms with van der Waals surface area (Å²) in [5.74, 6) is 0. The van der Waals surface area contributed by atoms with E-state index in [0.29, 0.717) is 23.5 Å². The van der Waals surface area contributed by atoms with Crippen molar-refractivity contribution in [3.8, 4) is 0 Å². The lowest BCUT2D eigenvalue weighted by atomic mass is 10.1. The van der Waals surface area contributed by atoms with E-state index in [1.807, 2.05) is 18.4 Å². The van der Waals surface area contributed by atoms with Gasteiger partial charge in [-0.05, 0) is 48.6 Å². The molecule has 20 heavy (non-hydrogen) atoms. The van der Waals surface area contributed by atoms with Crippen LogP contribution in [0.25, 0.3) is 0 Å². The summed E-state index contributed by atoms with van der Waals surface area (Å²) in [5, 5.41) is 10.4. The van der Waals surface area contributed by atoms with Gasteiger partial charge >= 0.3 is 0 Å². The van der Waals surface area contributed by atoms with Crippen LogP contribution in [0.1, 0.15) is 16.0 Å². The Bertz CT molecular complexity index is 736. The summed E-state index contributed by atoms with van der Waals surface area (Å²) in [6.07, 6.45) is 0. The van der Waals surface area contributed by atoms with Gasteiger partial charge in [0.1, 0.15) is 0 Å². The molecule has 5 nitrogen and oxygen atoms in total. The minimum atomic E-state index is -3.78. The normalized spacial score (nSPS) is 11.6. The molecule has 108 valence electrons. The third-order valence-corrected chi connectivity index (χ3v) is 5.16. The number of anilines is 2. The molecule has 2 rings (SSSR count). The second kappa shape index (κ2) is 5.43. The molecule has 0 aliphatic rings. The van der Waals surface area contributed by atoms with E-state index in [4.69, 9.17) is 10.9 Å². The van der Waals surface area contributed by atoms with Crippen molar-refractivity contribution in [2.75, 3.05) is 11.1 Å². The van der Waals surface area contributed by atoms with E-state index < -0.39 is 10.0 Å². The molecule has 0 bridgehead atoms. The Balaban J connectivity index is 2.33. The molecule has 1 heterocycles. The van der Waals surface area contributed by atoms with Crippen molar-refractivity contribution in [2.24, 2.45) is 5.14 Å². The van der Waals surface area contributed by atoms with E-state index in [2.05, 4.69) is 5.32 Å². The van der Waals surface area contributed by atoms with Crippen LogP contribution in [0.15, 0.2) is 28.5 Å². The fourth-order valence-corrected chi connectivity index (χ4v) is 3.63. The van der Waals surface area contributed by atoms with Crippen LogP contribution in [0.5, 0.6) is 0 Å². The van der Waals surface area contributed by atoms with Gasteiger partial charge in [-0.2, -0.15) is 0 Å². The van der Waals surface area contributed by atoms with Crippen LogP contribution in [-0.4, -0.2) is 8.42 Å². The maximum absolute atomic E-state index is 11.5. The molecule has 5 N–H and O–H groups in total. The second-order valence-electron chi connectivity index (χ2n) is 4.62. The minimum Gasteiger partial charge on any atom is -0.399 e. The largest absolute Gasteiger partial charge is 0.399 e. The van der Waals surface area contributed by atoms with Gasteiger partial charge in [0.25, 0.3) is 0 Å².